The van der Waals surface area contributed by atoms with Gasteiger partial charge in [0.1, 0.15) is 17.3 Å². The second-order valence-corrected chi connectivity index (χ2v) is 6.94. The van der Waals surface area contributed by atoms with Crippen molar-refractivity contribution in [1.29, 1.82) is 0 Å². The van der Waals surface area contributed by atoms with Gasteiger partial charge in [0.25, 0.3) is 0 Å². The van der Waals surface area contributed by atoms with Crippen LogP contribution in [0.2, 0.25) is 0 Å². The van der Waals surface area contributed by atoms with Gasteiger partial charge in [-0.25, -0.2) is 4.98 Å². The lowest BCUT2D eigenvalue weighted by Crippen LogP contribution is -2.27. The highest BCUT2D eigenvalue weighted by Crippen LogP contribution is 2.29. The van der Waals surface area contributed by atoms with Gasteiger partial charge in [-0.05, 0) is 36.2 Å². The van der Waals surface area contributed by atoms with E-state index in [0.717, 1.165) is 33.9 Å². The maximum absolute atomic E-state index is 12.0. The number of rotatable bonds is 8. The van der Waals surface area contributed by atoms with Crippen LogP contribution in [0.25, 0.3) is 10.9 Å². The fraction of sp³-hybridized carbons (Fsp3) is 0.300. The minimum atomic E-state index is 0.0357. The first-order valence-corrected chi connectivity index (χ1v) is 9.66. The molecular formula is C20H23N3O2S. The second kappa shape index (κ2) is 8.76. The van der Waals surface area contributed by atoms with Crippen molar-refractivity contribution in [3.8, 4) is 5.75 Å². The van der Waals surface area contributed by atoms with Gasteiger partial charge in [0, 0.05) is 30.1 Å². The number of hydrogen-bond acceptors (Lipinski definition) is 4. The van der Waals surface area contributed by atoms with Crippen molar-refractivity contribution in [2.75, 3.05) is 13.7 Å². The van der Waals surface area contributed by atoms with Crippen LogP contribution in [-0.2, 0) is 17.1 Å². The van der Waals surface area contributed by atoms with Crippen LogP contribution in [0.4, 0.5) is 0 Å². The van der Waals surface area contributed by atoms with E-state index in [9.17, 15) is 4.79 Å². The monoisotopic (exact) mass is 369 g/mol. The average molecular weight is 369 g/mol. The van der Waals surface area contributed by atoms with Gasteiger partial charge in [0.2, 0.25) is 5.91 Å². The van der Waals surface area contributed by atoms with Gasteiger partial charge in [-0.2, -0.15) is 0 Å². The standard InChI is InChI=1S/C20H23N3O2S/c1-3-10-21-19(24)13-23-12-9-17-18(23)8-11-22-20(17)26-14-15-4-6-16(25-2)7-5-15/h4-9,11-12H,3,10,13-14H2,1-2H3,(H,21,24). The Morgan fingerprint density at radius 2 is 2.04 bits per heavy atom. The van der Waals surface area contributed by atoms with Gasteiger partial charge in [-0.3, -0.25) is 4.79 Å². The highest BCUT2D eigenvalue weighted by Gasteiger charge is 2.10. The van der Waals surface area contributed by atoms with Gasteiger partial charge in [0.15, 0.2) is 0 Å². The lowest BCUT2D eigenvalue weighted by Gasteiger charge is -2.08. The fourth-order valence-electron chi connectivity index (χ4n) is 2.70. The lowest BCUT2D eigenvalue weighted by atomic mass is 10.2. The van der Waals surface area contributed by atoms with Gasteiger partial charge in [0.05, 0.1) is 12.6 Å². The van der Waals surface area contributed by atoms with E-state index in [1.807, 2.05) is 42.0 Å². The minimum Gasteiger partial charge on any atom is -0.497 e. The van der Waals surface area contributed by atoms with E-state index in [0.29, 0.717) is 13.1 Å². The molecule has 0 spiro atoms. The molecule has 2 heterocycles. The van der Waals surface area contributed by atoms with E-state index in [-0.39, 0.29) is 5.91 Å². The van der Waals surface area contributed by atoms with Gasteiger partial charge in [-0.1, -0.05) is 19.1 Å². The molecule has 1 N–H and O–H groups in total. The summed E-state index contributed by atoms with van der Waals surface area (Å²) in [6, 6.07) is 12.1. The first kappa shape index (κ1) is 18.3. The zero-order valence-electron chi connectivity index (χ0n) is 15.1. The number of benzene rings is 1. The number of ether oxygens (including phenoxy) is 1. The highest BCUT2D eigenvalue weighted by molar-refractivity contribution is 7.98. The zero-order chi connectivity index (χ0) is 18.4. The summed E-state index contributed by atoms with van der Waals surface area (Å²) < 4.78 is 7.17. The number of hydrogen-bond donors (Lipinski definition) is 1. The number of amides is 1. The molecule has 2 aromatic heterocycles. The molecule has 0 saturated carbocycles. The molecule has 0 fully saturated rings. The Bertz CT molecular complexity index is 874. The SMILES string of the molecule is CCCNC(=O)Cn1ccc2c(SCc3ccc(OC)cc3)nccc21. The Kier molecular flexibility index (Phi) is 6.17. The van der Waals surface area contributed by atoms with Crippen LogP contribution in [0.5, 0.6) is 5.75 Å². The molecule has 5 nitrogen and oxygen atoms in total. The van der Waals surface area contributed by atoms with Crippen molar-refractivity contribution in [1.82, 2.24) is 14.9 Å². The van der Waals surface area contributed by atoms with E-state index in [1.165, 1.54) is 5.56 Å². The predicted octanol–water partition coefficient (Wildman–Crippen LogP) is 3.86. The number of thioether (sulfide) groups is 1. The number of carbonyl (C=O) groups excluding carboxylic acids is 1. The van der Waals surface area contributed by atoms with Crippen LogP contribution in [0.15, 0.2) is 53.8 Å². The highest BCUT2D eigenvalue weighted by atomic mass is 32.2. The summed E-state index contributed by atoms with van der Waals surface area (Å²) in [6.45, 7) is 3.09. The summed E-state index contributed by atoms with van der Waals surface area (Å²) >= 11 is 1.70. The Morgan fingerprint density at radius 3 is 2.77 bits per heavy atom. The van der Waals surface area contributed by atoms with E-state index >= 15 is 0 Å². The molecular weight excluding hydrogens is 346 g/mol. The summed E-state index contributed by atoms with van der Waals surface area (Å²) in [6.07, 6.45) is 4.70. The van der Waals surface area contributed by atoms with Crippen molar-refractivity contribution in [2.45, 2.75) is 30.7 Å². The van der Waals surface area contributed by atoms with E-state index in [2.05, 4.69) is 22.4 Å². The summed E-state index contributed by atoms with van der Waals surface area (Å²) in [5.41, 5.74) is 2.25. The smallest absolute Gasteiger partial charge is 0.239 e. The summed E-state index contributed by atoms with van der Waals surface area (Å²) in [5.74, 6) is 1.73. The molecule has 3 rings (SSSR count). The fourth-order valence-corrected chi connectivity index (χ4v) is 3.66. The van der Waals surface area contributed by atoms with E-state index in [1.54, 1.807) is 25.1 Å². The van der Waals surface area contributed by atoms with Gasteiger partial charge in [-0.15, -0.1) is 11.8 Å². The minimum absolute atomic E-state index is 0.0357. The van der Waals surface area contributed by atoms with E-state index < -0.39 is 0 Å². The molecule has 0 aliphatic carbocycles. The summed E-state index contributed by atoms with van der Waals surface area (Å²) in [7, 11) is 1.67. The normalized spacial score (nSPS) is 10.8. The largest absolute Gasteiger partial charge is 0.497 e. The van der Waals surface area contributed by atoms with Crippen LogP contribution in [0, 0.1) is 0 Å². The number of nitrogens with zero attached hydrogens (tertiary/aromatic N) is 2. The summed E-state index contributed by atoms with van der Waals surface area (Å²) in [4.78, 5) is 16.5. The van der Waals surface area contributed by atoms with Crippen molar-refractivity contribution in [3.63, 3.8) is 0 Å². The third-order valence-corrected chi connectivity index (χ3v) is 5.16. The molecule has 6 heteroatoms. The molecule has 136 valence electrons. The number of nitrogens with one attached hydrogen (secondary N) is 1. The first-order chi connectivity index (χ1) is 12.7. The van der Waals surface area contributed by atoms with Crippen molar-refractivity contribution < 1.29 is 9.53 Å². The molecule has 0 bridgehead atoms. The number of fused-ring (bicyclic) bond motifs is 1. The molecule has 1 aromatic carbocycles. The van der Waals surface area contributed by atoms with Crippen molar-refractivity contribution in [3.05, 3.63) is 54.4 Å². The second-order valence-electron chi connectivity index (χ2n) is 5.98. The maximum atomic E-state index is 12.0. The quantitative estimate of drug-likeness (QED) is 0.613. The van der Waals surface area contributed by atoms with Crippen LogP contribution in [0.1, 0.15) is 18.9 Å². The summed E-state index contributed by atoms with van der Waals surface area (Å²) in [5, 5.41) is 4.97. The number of carbonyl (C=O) groups is 1. The zero-order valence-corrected chi connectivity index (χ0v) is 15.9. The molecule has 0 aliphatic heterocycles. The first-order valence-electron chi connectivity index (χ1n) is 8.67. The molecule has 0 unspecified atom stereocenters. The van der Waals surface area contributed by atoms with Crippen molar-refractivity contribution in [2.24, 2.45) is 0 Å². The Morgan fingerprint density at radius 1 is 1.23 bits per heavy atom. The van der Waals surface area contributed by atoms with E-state index in [4.69, 9.17) is 4.74 Å². The molecule has 1 amide bonds. The molecule has 0 saturated heterocycles. The Labute approximate surface area is 157 Å². The van der Waals surface area contributed by atoms with Crippen molar-refractivity contribution >= 4 is 28.6 Å². The van der Waals surface area contributed by atoms with Crippen LogP contribution in [-0.4, -0.2) is 29.1 Å². The van der Waals surface area contributed by atoms with Crippen LogP contribution < -0.4 is 10.1 Å². The molecule has 0 aliphatic rings. The van der Waals surface area contributed by atoms with Gasteiger partial charge < -0.3 is 14.6 Å². The number of aromatic nitrogens is 2. The molecule has 3 aromatic rings. The van der Waals surface area contributed by atoms with Crippen LogP contribution in [0.3, 0.4) is 0 Å². The molecule has 0 atom stereocenters. The topological polar surface area (TPSA) is 56.2 Å². The average Bonchev–Trinajstić information content (AvgIpc) is 3.08. The maximum Gasteiger partial charge on any atom is 0.239 e. The predicted molar refractivity (Wildman–Crippen MR) is 106 cm³/mol. The molecule has 26 heavy (non-hydrogen) atoms. The third-order valence-electron chi connectivity index (χ3n) is 4.08. The Balaban J connectivity index is 1.72. The van der Waals surface area contributed by atoms with Gasteiger partial charge >= 0.3 is 0 Å². The van der Waals surface area contributed by atoms with Crippen LogP contribution >= 0.6 is 11.8 Å². The molecule has 0 radical (unpaired) electrons. The lowest BCUT2D eigenvalue weighted by molar-refractivity contribution is -0.121. The number of pyridine rings is 1. The number of methoxy groups -OCH3 is 1. The Hall–Kier alpha value is -2.47. The third kappa shape index (κ3) is 4.38.